The van der Waals surface area contributed by atoms with Crippen molar-refractivity contribution in [3.63, 3.8) is 0 Å². The third kappa shape index (κ3) is 4.73. The maximum atomic E-state index is 12.4. The van der Waals surface area contributed by atoms with Crippen molar-refractivity contribution >= 4 is 39.3 Å². The number of hydrogen-bond acceptors (Lipinski definition) is 7. The van der Waals surface area contributed by atoms with E-state index in [1.54, 1.807) is 0 Å². The zero-order valence-electron chi connectivity index (χ0n) is 16.3. The number of nitrogens with one attached hydrogen (secondary N) is 1. The number of likely N-dealkylation sites (tertiary alicyclic amines) is 1. The van der Waals surface area contributed by atoms with Gasteiger partial charge in [0.1, 0.15) is 22.0 Å². The Kier molecular flexibility index (Phi) is 6.60. The largest absolute Gasteiger partial charge is 0.460 e. The van der Waals surface area contributed by atoms with Gasteiger partial charge in [-0.05, 0) is 52.3 Å². The molecule has 6 nitrogen and oxygen atoms in total. The SMILES string of the molecule is CCN1CCCC(OC(=O)C(C)SCc2nc3sc(C)c(C)c3c(=O)[nH]2)C1. The average Bonchev–Trinajstić information content (AvgIpc) is 2.94. The van der Waals surface area contributed by atoms with Gasteiger partial charge in [0, 0.05) is 11.4 Å². The van der Waals surface area contributed by atoms with Gasteiger partial charge in [-0.15, -0.1) is 23.1 Å². The minimum absolute atomic E-state index is 0.0133. The zero-order chi connectivity index (χ0) is 19.6. The van der Waals surface area contributed by atoms with E-state index in [2.05, 4.69) is 21.8 Å². The number of ether oxygens (including phenoxy) is 1. The first kappa shape index (κ1) is 20.4. The molecule has 0 spiro atoms. The second-order valence-corrected chi connectivity index (χ2v) is 9.56. The molecule has 1 N–H and O–H groups in total. The number of aromatic nitrogens is 2. The van der Waals surface area contributed by atoms with Gasteiger partial charge in [-0.3, -0.25) is 14.5 Å². The van der Waals surface area contributed by atoms with Crippen LogP contribution in [0, 0.1) is 13.8 Å². The molecule has 1 saturated heterocycles. The second-order valence-electron chi connectivity index (χ2n) is 7.02. The quantitative estimate of drug-likeness (QED) is 0.738. The van der Waals surface area contributed by atoms with Gasteiger partial charge in [0.05, 0.1) is 11.1 Å². The van der Waals surface area contributed by atoms with E-state index >= 15 is 0 Å². The molecular formula is C19H27N3O3S2. The number of nitrogens with zero attached hydrogens (tertiary/aromatic N) is 2. The molecule has 1 aliphatic rings. The fraction of sp³-hybridized carbons (Fsp3) is 0.632. The van der Waals surface area contributed by atoms with Crippen LogP contribution >= 0.6 is 23.1 Å². The van der Waals surface area contributed by atoms with Crippen LogP contribution in [0.4, 0.5) is 0 Å². The fourth-order valence-electron chi connectivity index (χ4n) is 3.30. The smallest absolute Gasteiger partial charge is 0.319 e. The lowest BCUT2D eigenvalue weighted by Gasteiger charge is -2.31. The van der Waals surface area contributed by atoms with Crippen LogP contribution in [-0.4, -0.2) is 51.8 Å². The third-order valence-electron chi connectivity index (χ3n) is 5.08. The molecule has 3 heterocycles. The third-order valence-corrected chi connectivity index (χ3v) is 7.32. The minimum atomic E-state index is -0.296. The number of piperidine rings is 1. The van der Waals surface area contributed by atoms with Crippen molar-refractivity contribution in [2.24, 2.45) is 0 Å². The fourth-order valence-corrected chi connectivity index (χ4v) is 5.08. The molecule has 1 fully saturated rings. The summed E-state index contributed by atoms with van der Waals surface area (Å²) in [6.45, 7) is 10.8. The molecule has 1 aliphatic heterocycles. The number of aryl methyl sites for hydroxylation is 2. The number of rotatable bonds is 6. The van der Waals surface area contributed by atoms with E-state index in [0.29, 0.717) is 17.0 Å². The van der Waals surface area contributed by atoms with Gasteiger partial charge in [-0.1, -0.05) is 6.92 Å². The lowest BCUT2D eigenvalue weighted by molar-refractivity contribution is -0.150. The van der Waals surface area contributed by atoms with Gasteiger partial charge in [0.25, 0.3) is 5.56 Å². The predicted octanol–water partition coefficient (Wildman–Crippen LogP) is 3.25. The average molecular weight is 410 g/mol. The highest BCUT2D eigenvalue weighted by molar-refractivity contribution is 7.99. The van der Waals surface area contributed by atoms with E-state index in [4.69, 9.17) is 4.74 Å². The molecule has 27 heavy (non-hydrogen) atoms. The number of esters is 1. The van der Waals surface area contributed by atoms with Crippen LogP contribution in [0.5, 0.6) is 0 Å². The number of carbonyl (C=O) groups is 1. The Bertz CT molecular complexity index is 877. The summed E-state index contributed by atoms with van der Waals surface area (Å²) in [6, 6.07) is 0. The van der Waals surface area contributed by atoms with Crippen LogP contribution in [0.3, 0.4) is 0 Å². The molecule has 148 valence electrons. The van der Waals surface area contributed by atoms with E-state index in [-0.39, 0.29) is 22.9 Å². The van der Waals surface area contributed by atoms with Crippen LogP contribution in [-0.2, 0) is 15.3 Å². The van der Waals surface area contributed by atoms with Crippen molar-refractivity contribution in [2.75, 3.05) is 19.6 Å². The second kappa shape index (κ2) is 8.75. The van der Waals surface area contributed by atoms with Gasteiger partial charge in [0.2, 0.25) is 0 Å². The summed E-state index contributed by atoms with van der Waals surface area (Å²) in [4.78, 5) is 36.4. The van der Waals surface area contributed by atoms with Crippen LogP contribution in [0.2, 0.25) is 0 Å². The summed E-state index contributed by atoms with van der Waals surface area (Å²) in [7, 11) is 0. The first-order chi connectivity index (χ1) is 12.9. The zero-order valence-corrected chi connectivity index (χ0v) is 18.0. The molecule has 8 heteroatoms. The Balaban J connectivity index is 1.58. The van der Waals surface area contributed by atoms with E-state index in [0.717, 1.165) is 47.7 Å². The molecule has 0 aromatic carbocycles. The summed E-state index contributed by atoms with van der Waals surface area (Å²) in [5.41, 5.74) is 0.892. The van der Waals surface area contributed by atoms with Crippen LogP contribution in [0.25, 0.3) is 10.2 Å². The molecule has 0 radical (unpaired) electrons. The Morgan fingerprint density at radius 1 is 1.48 bits per heavy atom. The van der Waals surface area contributed by atoms with Crippen molar-refractivity contribution in [2.45, 2.75) is 57.6 Å². The lowest BCUT2D eigenvalue weighted by Crippen LogP contribution is -2.41. The van der Waals surface area contributed by atoms with Crippen LogP contribution in [0.15, 0.2) is 4.79 Å². The highest BCUT2D eigenvalue weighted by Crippen LogP contribution is 2.27. The topological polar surface area (TPSA) is 75.3 Å². The van der Waals surface area contributed by atoms with Gasteiger partial charge in [0.15, 0.2) is 0 Å². The molecule has 0 saturated carbocycles. The summed E-state index contributed by atoms with van der Waals surface area (Å²) in [5, 5.41) is 0.381. The Labute approximate surface area is 167 Å². The van der Waals surface area contributed by atoms with Crippen molar-refractivity contribution in [1.29, 1.82) is 0 Å². The number of fused-ring (bicyclic) bond motifs is 1. The number of carbonyl (C=O) groups excluding carboxylic acids is 1. The van der Waals surface area contributed by atoms with E-state index < -0.39 is 0 Å². The molecule has 2 unspecified atom stereocenters. The van der Waals surface area contributed by atoms with Crippen molar-refractivity contribution in [3.05, 3.63) is 26.6 Å². The molecule has 3 rings (SSSR count). The molecule has 0 aliphatic carbocycles. The van der Waals surface area contributed by atoms with Crippen molar-refractivity contribution in [3.8, 4) is 0 Å². The molecule has 2 atom stereocenters. The molecular weight excluding hydrogens is 382 g/mol. The number of hydrogen-bond donors (Lipinski definition) is 1. The Morgan fingerprint density at radius 3 is 3.00 bits per heavy atom. The normalized spacial score (nSPS) is 19.3. The number of thiophene rings is 1. The maximum Gasteiger partial charge on any atom is 0.319 e. The van der Waals surface area contributed by atoms with Gasteiger partial charge < -0.3 is 9.72 Å². The van der Waals surface area contributed by atoms with Crippen LogP contribution in [0.1, 0.15) is 43.0 Å². The molecule has 2 aromatic heterocycles. The monoisotopic (exact) mass is 409 g/mol. The highest BCUT2D eigenvalue weighted by Gasteiger charge is 2.25. The lowest BCUT2D eigenvalue weighted by atomic mass is 10.1. The van der Waals surface area contributed by atoms with E-state index in [1.165, 1.54) is 23.1 Å². The van der Waals surface area contributed by atoms with E-state index in [9.17, 15) is 9.59 Å². The van der Waals surface area contributed by atoms with Crippen molar-refractivity contribution < 1.29 is 9.53 Å². The van der Waals surface area contributed by atoms with Gasteiger partial charge >= 0.3 is 5.97 Å². The number of aromatic amines is 1. The summed E-state index contributed by atoms with van der Waals surface area (Å²) < 4.78 is 5.69. The standard InChI is InChI=1S/C19H27N3O3S2/c1-5-22-8-6-7-14(9-22)25-19(24)13(4)26-10-15-20-17(23)16-11(2)12(3)27-18(16)21-15/h13-14H,5-10H2,1-4H3,(H,20,21,23). The maximum absolute atomic E-state index is 12.4. The summed E-state index contributed by atoms with van der Waals surface area (Å²) in [5.74, 6) is 0.894. The Morgan fingerprint density at radius 2 is 2.26 bits per heavy atom. The first-order valence-corrected chi connectivity index (χ1v) is 11.3. The highest BCUT2D eigenvalue weighted by atomic mass is 32.2. The number of thioether (sulfide) groups is 1. The predicted molar refractivity (Wildman–Crippen MR) is 112 cm³/mol. The number of likely N-dealkylation sites (N-methyl/N-ethyl adjacent to an activating group) is 1. The van der Waals surface area contributed by atoms with Gasteiger partial charge in [-0.25, -0.2) is 4.98 Å². The van der Waals surface area contributed by atoms with Crippen molar-refractivity contribution in [1.82, 2.24) is 14.9 Å². The summed E-state index contributed by atoms with van der Waals surface area (Å²) >= 11 is 2.98. The van der Waals surface area contributed by atoms with Gasteiger partial charge in [-0.2, -0.15) is 0 Å². The van der Waals surface area contributed by atoms with E-state index in [1.807, 2.05) is 20.8 Å². The number of H-pyrrole nitrogens is 1. The Hall–Kier alpha value is -1.38. The van der Waals surface area contributed by atoms with Crippen LogP contribution < -0.4 is 5.56 Å². The molecule has 0 bridgehead atoms. The summed E-state index contributed by atoms with van der Waals surface area (Å²) in [6.07, 6.45) is 1.99. The first-order valence-electron chi connectivity index (χ1n) is 9.42. The molecule has 0 amide bonds. The minimum Gasteiger partial charge on any atom is -0.460 e. The molecule has 2 aromatic rings.